The van der Waals surface area contributed by atoms with Crippen molar-refractivity contribution in [2.45, 2.75) is 6.92 Å². The van der Waals surface area contributed by atoms with Crippen molar-refractivity contribution in [1.29, 1.82) is 0 Å². The molecule has 2 heterocycles. The lowest BCUT2D eigenvalue weighted by molar-refractivity contribution is -0.131. The predicted molar refractivity (Wildman–Crippen MR) is 83.3 cm³/mol. The van der Waals surface area contributed by atoms with Crippen LogP contribution in [0.15, 0.2) is 34.9 Å². The van der Waals surface area contributed by atoms with Crippen molar-refractivity contribution >= 4 is 34.3 Å². The van der Waals surface area contributed by atoms with Crippen molar-refractivity contribution in [2.75, 3.05) is 7.11 Å². The molecule has 118 valence electrons. The summed E-state index contributed by atoms with van der Waals surface area (Å²) in [5.74, 6) is -0.594. The van der Waals surface area contributed by atoms with E-state index in [-0.39, 0.29) is 17.2 Å². The topological polar surface area (TPSA) is 81.5 Å². The number of furan rings is 1. The SMILES string of the molecule is COc1ccoc1C(=O)c1[nH]c2cc(Cl)ccc2c1OC(C)=O. The van der Waals surface area contributed by atoms with E-state index < -0.39 is 11.8 Å². The first-order chi connectivity index (χ1) is 11.0. The van der Waals surface area contributed by atoms with Crippen LogP contribution in [-0.2, 0) is 4.79 Å². The zero-order valence-electron chi connectivity index (χ0n) is 12.3. The highest BCUT2D eigenvalue weighted by Gasteiger charge is 2.26. The molecule has 6 nitrogen and oxygen atoms in total. The molecule has 1 N–H and O–H groups in total. The summed E-state index contributed by atoms with van der Waals surface area (Å²) in [4.78, 5) is 27.0. The van der Waals surface area contributed by atoms with E-state index in [9.17, 15) is 9.59 Å². The lowest BCUT2D eigenvalue weighted by Gasteiger charge is -2.03. The van der Waals surface area contributed by atoms with Crippen molar-refractivity contribution in [3.8, 4) is 11.5 Å². The number of rotatable bonds is 4. The van der Waals surface area contributed by atoms with Crippen LogP contribution >= 0.6 is 11.6 Å². The fourth-order valence-corrected chi connectivity index (χ4v) is 2.46. The Morgan fingerprint density at radius 1 is 1.26 bits per heavy atom. The maximum absolute atomic E-state index is 12.7. The molecule has 0 atom stereocenters. The van der Waals surface area contributed by atoms with Crippen LogP contribution in [0.3, 0.4) is 0 Å². The number of ether oxygens (including phenoxy) is 2. The Labute approximate surface area is 135 Å². The number of ketones is 1. The normalized spacial score (nSPS) is 10.7. The second kappa shape index (κ2) is 5.81. The predicted octanol–water partition coefficient (Wildman–Crippen LogP) is 3.58. The van der Waals surface area contributed by atoms with E-state index in [0.29, 0.717) is 21.7 Å². The maximum atomic E-state index is 12.7. The first kappa shape index (κ1) is 15.2. The number of aromatic nitrogens is 1. The molecule has 0 bridgehead atoms. The first-order valence-corrected chi connectivity index (χ1v) is 7.05. The average Bonchev–Trinajstić information content (AvgIpc) is 3.10. The number of nitrogens with one attached hydrogen (secondary N) is 1. The lowest BCUT2D eigenvalue weighted by atomic mass is 10.2. The summed E-state index contributed by atoms with van der Waals surface area (Å²) >= 11 is 5.96. The van der Waals surface area contributed by atoms with Gasteiger partial charge < -0.3 is 18.9 Å². The summed E-state index contributed by atoms with van der Waals surface area (Å²) in [6, 6.07) is 6.48. The molecule has 0 fully saturated rings. The summed E-state index contributed by atoms with van der Waals surface area (Å²) in [6.07, 6.45) is 1.34. The molecule has 0 radical (unpaired) electrons. The molecule has 0 amide bonds. The highest BCUT2D eigenvalue weighted by atomic mass is 35.5. The Morgan fingerprint density at radius 3 is 2.74 bits per heavy atom. The monoisotopic (exact) mass is 333 g/mol. The Kier molecular flexibility index (Phi) is 3.83. The standard InChI is InChI=1S/C16H12ClNO5/c1-8(19)23-15-10-4-3-9(17)7-11(10)18-13(15)14(20)16-12(21-2)5-6-22-16/h3-7,18H,1-2H3. The Balaban J connectivity index is 2.19. The minimum atomic E-state index is -0.540. The minimum Gasteiger partial charge on any atom is -0.493 e. The highest BCUT2D eigenvalue weighted by Crippen LogP contribution is 2.35. The largest absolute Gasteiger partial charge is 0.493 e. The second-order valence-electron chi connectivity index (χ2n) is 4.76. The number of carbonyl (C=O) groups is 2. The van der Waals surface area contributed by atoms with E-state index in [0.717, 1.165) is 0 Å². The molecule has 23 heavy (non-hydrogen) atoms. The van der Waals surface area contributed by atoms with E-state index in [1.807, 2.05) is 0 Å². The van der Waals surface area contributed by atoms with Crippen LogP contribution in [0.2, 0.25) is 5.02 Å². The molecule has 3 aromatic rings. The average molecular weight is 334 g/mol. The van der Waals surface area contributed by atoms with E-state index in [4.69, 9.17) is 25.5 Å². The first-order valence-electron chi connectivity index (χ1n) is 6.67. The van der Waals surface area contributed by atoms with Crippen LogP contribution in [0.1, 0.15) is 23.2 Å². The zero-order valence-corrected chi connectivity index (χ0v) is 13.1. The number of hydrogen-bond donors (Lipinski definition) is 1. The van der Waals surface area contributed by atoms with Gasteiger partial charge in [0.2, 0.25) is 5.76 Å². The number of carbonyl (C=O) groups excluding carboxylic acids is 2. The zero-order chi connectivity index (χ0) is 16.6. The fraction of sp³-hybridized carbons (Fsp3) is 0.125. The van der Waals surface area contributed by atoms with E-state index in [2.05, 4.69) is 4.98 Å². The van der Waals surface area contributed by atoms with Gasteiger partial charge in [0.25, 0.3) is 5.78 Å². The summed E-state index contributed by atoms with van der Waals surface area (Å²) in [5.41, 5.74) is 0.660. The molecular weight excluding hydrogens is 322 g/mol. The Bertz CT molecular complexity index is 908. The summed E-state index contributed by atoms with van der Waals surface area (Å²) in [5, 5.41) is 1.06. The van der Waals surface area contributed by atoms with Crippen LogP contribution < -0.4 is 9.47 Å². The summed E-state index contributed by atoms with van der Waals surface area (Å²) in [7, 11) is 1.43. The van der Waals surface area contributed by atoms with Crippen LogP contribution in [-0.4, -0.2) is 23.8 Å². The maximum Gasteiger partial charge on any atom is 0.308 e. The molecule has 0 unspecified atom stereocenters. The fourth-order valence-electron chi connectivity index (χ4n) is 2.29. The number of benzene rings is 1. The molecule has 0 aliphatic heterocycles. The molecule has 0 saturated carbocycles. The number of fused-ring (bicyclic) bond motifs is 1. The van der Waals surface area contributed by atoms with Crippen molar-refractivity contribution < 1.29 is 23.5 Å². The Hall–Kier alpha value is -2.73. The van der Waals surface area contributed by atoms with Gasteiger partial charge in [-0.25, -0.2) is 0 Å². The number of methoxy groups -OCH3 is 1. The molecule has 0 aliphatic carbocycles. The number of esters is 1. The highest BCUT2D eigenvalue weighted by molar-refractivity contribution is 6.31. The van der Waals surface area contributed by atoms with Crippen molar-refractivity contribution in [1.82, 2.24) is 4.98 Å². The van der Waals surface area contributed by atoms with Crippen LogP contribution in [0.5, 0.6) is 11.5 Å². The van der Waals surface area contributed by atoms with Gasteiger partial charge >= 0.3 is 5.97 Å². The van der Waals surface area contributed by atoms with Crippen LogP contribution in [0, 0.1) is 0 Å². The van der Waals surface area contributed by atoms with E-state index >= 15 is 0 Å². The van der Waals surface area contributed by atoms with Gasteiger partial charge in [0.05, 0.1) is 18.9 Å². The molecule has 7 heteroatoms. The third-order valence-corrected chi connectivity index (χ3v) is 3.48. The van der Waals surface area contributed by atoms with Gasteiger partial charge in [0.1, 0.15) is 5.69 Å². The molecule has 2 aromatic heterocycles. The summed E-state index contributed by atoms with van der Waals surface area (Å²) in [6.45, 7) is 1.26. The van der Waals surface area contributed by atoms with Crippen molar-refractivity contribution in [2.24, 2.45) is 0 Å². The quantitative estimate of drug-likeness (QED) is 0.583. The van der Waals surface area contributed by atoms with Crippen LogP contribution in [0.4, 0.5) is 0 Å². The second-order valence-corrected chi connectivity index (χ2v) is 5.20. The molecule has 3 rings (SSSR count). The minimum absolute atomic E-state index is 0.0126. The smallest absolute Gasteiger partial charge is 0.308 e. The number of H-pyrrole nitrogens is 1. The van der Waals surface area contributed by atoms with Gasteiger partial charge in [-0.15, -0.1) is 0 Å². The number of hydrogen-bond acceptors (Lipinski definition) is 5. The molecular formula is C16H12ClNO5. The third-order valence-electron chi connectivity index (χ3n) is 3.24. The van der Waals surface area contributed by atoms with Gasteiger partial charge in [0.15, 0.2) is 11.5 Å². The van der Waals surface area contributed by atoms with Gasteiger partial charge in [-0.1, -0.05) is 11.6 Å². The van der Waals surface area contributed by atoms with Gasteiger partial charge in [0, 0.05) is 23.4 Å². The van der Waals surface area contributed by atoms with Gasteiger partial charge in [-0.3, -0.25) is 9.59 Å². The summed E-state index contributed by atoms with van der Waals surface area (Å²) < 4.78 is 15.5. The van der Waals surface area contributed by atoms with Crippen molar-refractivity contribution in [3.05, 3.63) is 47.0 Å². The van der Waals surface area contributed by atoms with Crippen molar-refractivity contribution in [3.63, 3.8) is 0 Å². The number of aromatic amines is 1. The molecule has 1 aromatic carbocycles. The van der Waals surface area contributed by atoms with Gasteiger partial charge in [-0.05, 0) is 18.2 Å². The van der Waals surface area contributed by atoms with Gasteiger partial charge in [-0.2, -0.15) is 0 Å². The number of halogens is 1. The van der Waals surface area contributed by atoms with Crippen LogP contribution in [0.25, 0.3) is 10.9 Å². The Morgan fingerprint density at radius 2 is 2.04 bits per heavy atom. The van der Waals surface area contributed by atoms with E-state index in [1.165, 1.54) is 26.4 Å². The molecule has 0 saturated heterocycles. The molecule has 0 aliphatic rings. The lowest BCUT2D eigenvalue weighted by Crippen LogP contribution is -2.08. The third kappa shape index (κ3) is 2.68. The molecule has 0 spiro atoms. The van der Waals surface area contributed by atoms with E-state index in [1.54, 1.807) is 18.2 Å².